The molecule has 0 aromatic heterocycles. The molecule has 1 rings (SSSR count). The molecular formula is C12H19NO4. The maximum Gasteiger partial charge on any atom is 0.407 e. The molecule has 1 aliphatic rings. The van der Waals surface area contributed by atoms with Crippen molar-refractivity contribution < 1.29 is 19.1 Å². The second kappa shape index (κ2) is 5.21. The number of alkyl carbamates (subject to hydrolysis) is 1. The van der Waals surface area contributed by atoms with Crippen LogP contribution in [0.15, 0.2) is 12.7 Å². The van der Waals surface area contributed by atoms with Crippen LogP contribution in [0.3, 0.4) is 0 Å². The summed E-state index contributed by atoms with van der Waals surface area (Å²) < 4.78 is 10.2. The fourth-order valence-corrected chi connectivity index (χ4v) is 1.62. The van der Waals surface area contributed by atoms with Gasteiger partial charge in [0.2, 0.25) is 0 Å². The van der Waals surface area contributed by atoms with Gasteiger partial charge >= 0.3 is 12.1 Å². The van der Waals surface area contributed by atoms with E-state index in [2.05, 4.69) is 11.9 Å². The number of ether oxygens (including phenoxy) is 2. The van der Waals surface area contributed by atoms with E-state index in [1.165, 1.54) is 0 Å². The van der Waals surface area contributed by atoms with E-state index in [4.69, 9.17) is 9.47 Å². The monoisotopic (exact) mass is 241 g/mol. The summed E-state index contributed by atoms with van der Waals surface area (Å²) in [6.45, 7) is 8.99. The minimum atomic E-state index is -0.519. The van der Waals surface area contributed by atoms with Crippen molar-refractivity contribution in [2.75, 3.05) is 0 Å². The number of esters is 1. The molecule has 17 heavy (non-hydrogen) atoms. The first kappa shape index (κ1) is 13.5. The topological polar surface area (TPSA) is 64.6 Å². The molecule has 5 nitrogen and oxygen atoms in total. The average molecular weight is 241 g/mol. The van der Waals surface area contributed by atoms with Gasteiger partial charge in [-0.2, -0.15) is 0 Å². The van der Waals surface area contributed by atoms with Gasteiger partial charge in [0.1, 0.15) is 11.7 Å². The molecular weight excluding hydrogens is 222 g/mol. The van der Waals surface area contributed by atoms with E-state index in [0.717, 1.165) is 0 Å². The highest BCUT2D eigenvalue weighted by Crippen LogP contribution is 2.18. The highest BCUT2D eigenvalue weighted by Gasteiger charge is 2.35. The van der Waals surface area contributed by atoms with Gasteiger partial charge in [0.15, 0.2) is 0 Å². The lowest BCUT2D eigenvalue weighted by molar-refractivity contribution is -0.155. The Morgan fingerprint density at radius 3 is 2.76 bits per heavy atom. The Kier molecular flexibility index (Phi) is 4.15. The number of cyclic esters (lactones) is 1. The van der Waals surface area contributed by atoms with Crippen molar-refractivity contribution in [2.45, 2.75) is 51.4 Å². The highest BCUT2D eigenvalue weighted by atomic mass is 16.6. The lowest BCUT2D eigenvalue weighted by atomic mass is 10.1. The van der Waals surface area contributed by atoms with Crippen molar-refractivity contribution in [3.05, 3.63) is 12.7 Å². The molecule has 0 unspecified atom stereocenters. The zero-order valence-corrected chi connectivity index (χ0v) is 10.5. The molecule has 2 atom stereocenters. The summed E-state index contributed by atoms with van der Waals surface area (Å²) in [5, 5.41) is 2.60. The largest absolute Gasteiger partial charge is 0.460 e. The number of rotatable bonds is 4. The number of amides is 1. The molecule has 0 aromatic rings. The van der Waals surface area contributed by atoms with Gasteiger partial charge in [-0.15, -0.1) is 6.58 Å². The Hall–Kier alpha value is -1.52. The lowest BCUT2D eigenvalue weighted by Crippen LogP contribution is -2.36. The SMILES string of the molecule is C=CC[C@H]1OC(=O)N[C@@H]1CC(=O)OC(C)(C)C. The smallest absolute Gasteiger partial charge is 0.407 e. The molecule has 1 aliphatic heterocycles. The summed E-state index contributed by atoms with van der Waals surface area (Å²) in [7, 11) is 0. The van der Waals surface area contributed by atoms with Crippen LogP contribution in [-0.4, -0.2) is 29.8 Å². The molecule has 0 saturated carbocycles. The Balaban J connectivity index is 2.52. The van der Waals surface area contributed by atoms with E-state index in [1.807, 2.05) is 0 Å². The van der Waals surface area contributed by atoms with Gasteiger partial charge in [0.25, 0.3) is 0 Å². The molecule has 0 bridgehead atoms. The molecule has 1 saturated heterocycles. The molecule has 0 aromatic carbocycles. The number of hydrogen-bond donors (Lipinski definition) is 1. The van der Waals surface area contributed by atoms with Crippen LogP contribution < -0.4 is 5.32 Å². The van der Waals surface area contributed by atoms with E-state index in [1.54, 1.807) is 26.8 Å². The third-order valence-electron chi connectivity index (χ3n) is 2.22. The molecule has 0 spiro atoms. The zero-order valence-electron chi connectivity index (χ0n) is 10.5. The summed E-state index contributed by atoms with van der Waals surface area (Å²) in [5.74, 6) is -0.345. The van der Waals surface area contributed by atoms with Crippen LogP contribution in [-0.2, 0) is 14.3 Å². The molecule has 1 N–H and O–H groups in total. The number of carbonyl (C=O) groups excluding carboxylic acids is 2. The first-order chi connectivity index (χ1) is 7.81. The van der Waals surface area contributed by atoms with Crippen molar-refractivity contribution in [2.24, 2.45) is 0 Å². The minimum Gasteiger partial charge on any atom is -0.460 e. The first-order valence-corrected chi connectivity index (χ1v) is 5.61. The van der Waals surface area contributed by atoms with Crippen molar-refractivity contribution in [1.29, 1.82) is 0 Å². The van der Waals surface area contributed by atoms with E-state index in [9.17, 15) is 9.59 Å². The van der Waals surface area contributed by atoms with Gasteiger partial charge in [-0.1, -0.05) is 6.08 Å². The van der Waals surface area contributed by atoms with Crippen LogP contribution in [0.4, 0.5) is 4.79 Å². The molecule has 1 heterocycles. The van der Waals surface area contributed by atoms with E-state index in [-0.39, 0.29) is 24.5 Å². The molecule has 0 radical (unpaired) electrons. The highest BCUT2D eigenvalue weighted by molar-refractivity contribution is 5.75. The number of hydrogen-bond acceptors (Lipinski definition) is 4. The van der Waals surface area contributed by atoms with Gasteiger partial charge < -0.3 is 14.8 Å². The predicted molar refractivity (Wildman–Crippen MR) is 62.5 cm³/mol. The fraction of sp³-hybridized carbons (Fsp3) is 0.667. The van der Waals surface area contributed by atoms with E-state index >= 15 is 0 Å². The Bertz CT molecular complexity index is 319. The van der Waals surface area contributed by atoms with Gasteiger partial charge in [-0.25, -0.2) is 4.79 Å². The Morgan fingerprint density at radius 2 is 2.24 bits per heavy atom. The van der Waals surface area contributed by atoms with Crippen LogP contribution in [0, 0.1) is 0 Å². The van der Waals surface area contributed by atoms with Crippen molar-refractivity contribution in [3.8, 4) is 0 Å². The maximum atomic E-state index is 11.6. The maximum absolute atomic E-state index is 11.6. The van der Waals surface area contributed by atoms with Crippen molar-refractivity contribution in [3.63, 3.8) is 0 Å². The van der Waals surface area contributed by atoms with Crippen LogP contribution in [0.1, 0.15) is 33.6 Å². The number of carbonyl (C=O) groups is 2. The Labute approximate surface area is 101 Å². The van der Waals surface area contributed by atoms with Crippen molar-refractivity contribution >= 4 is 12.1 Å². The second-order valence-corrected chi connectivity index (χ2v) is 5.01. The number of nitrogens with one attached hydrogen (secondary N) is 1. The molecule has 1 amide bonds. The summed E-state index contributed by atoms with van der Waals surface area (Å²) in [6.07, 6.45) is 1.46. The average Bonchev–Trinajstić information content (AvgIpc) is 2.43. The standard InChI is InChI=1S/C12H19NO4/c1-5-6-9-8(13-11(15)16-9)7-10(14)17-12(2,3)4/h5,8-9H,1,6-7H2,2-4H3,(H,13,15)/t8-,9-/m1/s1. The molecule has 5 heteroatoms. The predicted octanol–water partition coefficient (Wildman–Crippen LogP) is 1.77. The summed E-state index contributed by atoms with van der Waals surface area (Å²) >= 11 is 0. The van der Waals surface area contributed by atoms with Crippen LogP contribution in [0.5, 0.6) is 0 Å². The van der Waals surface area contributed by atoms with E-state index < -0.39 is 11.7 Å². The second-order valence-electron chi connectivity index (χ2n) is 5.01. The summed E-state index contributed by atoms with van der Waals surface area (Å²) in [6, 6.07) is -0.338. The van der Waals surface area contributed by atoms with Crippen LogP contribution in [0.25, 0.3) is 0 Å². The third kappa shape index (κ3) is 4.46. The fourth-order valence-electron chi connectivity index (χ4n) is 1.62. The minimum absolute atomic E-state index is 0.113. The van der Waals surface area contributed by atoms with Crippen molar-refractivity contribution in [1.82, 2.24) is 5.32 Å². The molecule has 1 fully saturated rings. The van der Waals surface area contributed by atoms with Crippen LogP contribution >= 0.6 is 0 Å². The Morgan fingerprint density at radius 1 is 1.59 bits per heavy atom. The van der Waals surface area contributed by atoms with Crippen LogP contribution in [0.2, 0.25) is 0 Å². The molecule has 96 valence electrons. The zero-order chi connectivity index (χ0) is 13.1. The quantitative estimate of drug-likeness (QED) is 0.602. The van der Waals surface area contributed by atoms with Gasteiger partial charge in [0.05, 0.1) is 12.5 Å². The molecule has 0 aliphatic carbocycles. The summed E-state index contributed by atoms with van der Waals surface area (Å²) in [5.41, 5.74) is -0.519. The normalized spacial score (nSPS) is 23.8. The summed E-state index contributed by atoms with van der Waals surface area (Å²) in [4.78, 5) is 22.7. The first-order valence-electron chi connectivity index (χ1n) is 5.61. The van der Waals surface area contributed by atoms with Gasteiger partial charge in [-0.3, -0.25) is 4.79 Å². The van der Waals surface area contributed by atoms with Gasteiger partial charge in [0, 0.05) is 6.42 Å². The van der Waals surface area contributed by atoms with E-state index in [0.29, 0.717) is 6.42 Å². The third-order valence-corrected chi connectivity index (χ3v) is 2.22. The van der Waals surface area contributed by atoms with Gasteiger partial charge in [-0.05, 0) is 20.8 Å². The lowest BCUT2D eigenvalue weighted by Gasteiger charge is -2.21.